The van der Waals surface area contributed by atoms with Crippen molar-refractivity contribution < 1.29 is 21.9 Å². The average Bonchev–Trinajstić information content (AvgIpc) is 3.04. The third-order valence-electron chi connectivity index (χ3n) is 4.18. The Labute approximate surface area is 140 Å². The van der Waals surface area contributed by atoms with Gasteiger partial charge in [-0.25, -0.2) is 4.21 Å². The highest BCUT2D eigenvalue weighted by molar-refractivity contribution is 7.79. The van der Waals surface area contributed by atoms with Crippen LogP contribution in [0.2, 0.25) is 0 Å². The predicted octanol–water partition coefficient (Wildman–Crippen LogP) is 5.38. The lowest BCUT2D eigenvalue weighted by molar-refractivity contribution is -0.137. The second-order valence-electron chi connectivity index (χ2n) is 5.66. The Morgan fingerprint density at radius 2 is 1.29 bits per heavy atom. The molecule has 0 amide bonds. The number of rotatable bonds is 3. The zero-order chi connectivity index (χ0) is 17.3. The van der Waals surface area contributed by atoms with E-state index < -0.39 is 22.8 Å². The smallest absolute Gasteiger partial charge is 0.302 e. The van der Waals surface area contributed by atoms with Crippen LogP contribution in [0.15, 0.2) is 53.4 Å². The minimum Gasteiger partial charge on any atom is -0.302 e. The van der Waals surface area contributed by atoms with Gasteiger partial charge in [0.15, 0.2) is 11.1 Å². The number of hydrogen-bond acceptors (Lipinski definition) is 1. The van der Waals surface area contributed by atoms with E-state index in [2.05, 4.69) is 0 Å². The zero-order valence-electron chi connectivity index (χ0n) is 12.6. The number of benzene rings is 2. The van der Waals surface area contributed by atoms with Gasteiger partial charge in [0.25, 0.3) is 0 Å². The summed E-state index contributed by atoms with van der Waals surface area (Å²) in [5.41, 5.74) is 3.22. The molecule has 1 aliphatic rings. The highest BCUT2D eigenvalue weighted by Crippen LogP contribution is 2.40. The second kappa shape index (κ2) is 6.53. The largest absolute Gasteiger partial charge is 0.416 e. The third kappa shape index (κ3) is 3.44. The monoisotopic (exact) mass is 352 g/mol. The topological polar surface area (TPSA) is 37.3 Å². The molecule has 1 unspecified atom stereocenters. The fourth-order valence-electron chi connectivity index (χ4n) is 3.01. The Balaban J connectivity index is 1.96. The average molecular weight is 352 g/mol. The van der Waals surface area contributed by atoms with Crippen molar-refractivity contribution in [2.45, 2.75) is 30.3 Å². The van der Waals surface area contributed by atoms with E-state index in [1.165, 1.54) is 12.1 Å². The summed E-state index contributed by atoms with van der Waals surface area (Å²) in [5.74, 6) is 0. The molecule has 0 bridgehead atoms. The Hall–Kier alpha value is -1.92. The van der Waals surface area contributed by atoms with Gasteiger partial charge >= 0.3 is 6.18 Å². The standard InChI is InChI=1S/C18H15F3O2S/c19-18(20,21)14-8-4-12(5-9-14)16-2-1-3-17(16)13-6-10-15(11-7-13)24(22)23/h4-11H,1-3H2,(H,22,23). The molecule has 126 valence electrons. The van der Waals surface area contributed by atoms with Crippen molar-refractivity contribution in [3.8, 4) is 0 Å². The summed E-state index contributed by atoms with van der Waals surface area (Å²) < 4.78 is 58.2. The third-order valence-corrected chi connectivity index (χ3v) is 4.86. The van der Waals surface area contributed by atoms with E-state index in [1.54, 1.807) is 24.3 Å². The lowest BCUT2D eigenvalue weighted by atomic mass is 9.96. The molecule has 0 heterocycles. The molecule has 2 nitrogen and oxygen atoms in total. The van der Waals surface area contributed by atoms with Crippen LogP contribution >= 0.6 is 0 Å². The van der Waals surface area contributed by atoms with Crippen LogP contribution in [0.4, 0.5) is 13.2 Å². The van der Waals surface area contributed by atoms with Crippen LogP contribution in [0, 0.1) is 0 Å². The van der Waals surface area contributed by atoms with E-state index in [0.29, 0.717) is 4.90 Å². The van der Waals surface area contributed by atoms with Crippen molar-refractivity contribution in [3.05, 3.63) is 65.2 Å². The van der Waals surface area contributed by atoms with Crippen LogP contribution < -0.4 is 0 Å². The number of allylic oxidation sites excluding steroid dienone is 2. The van der Waals surface area contributed by atoms with Gasteiger partial charge in [-0.15, -0.1) is 0 Å². The molecule has 1 N–H and O–H groups in total. The van der Waals surface area contributed by atoms with E-state index in [1.807, 2.05) is 0 Å². The van der Waals surface area contributed by atoms with Gasteiger partial charge in [0.2, 0.25) is 0 Å². The number of alkyl halides is 3. The van der Waals surface area contributed by atoms with Crippen molar-refractivity contribution in [3.63, 3.8) is 0 Å². The van der Waals surface area contributed by atoms with Crippen LogP contribution in [0.25, 0.3) is 11.1 Å². The van der Waals surface area contributed by atoms with Crippen molar-refractivity contribution in [1.82, 2.24) is 0 Å². The number of hydrogen-bond donors (Lipinski definition) is 1. The van der Waals surface area contributed by atoms with Gasteiger partial charge < -0.3 is 4.55 Å². The Kier molecular flexibility index (Phi) is 4.60. The van der Waals surface area contributed by atoms with Crippen LogP contribution in [-0.4, -0.2) is 8.76 Å². The van der Waals surface area contributed by atoms with Gasteiger partial charge in [-0.1, -0.05) is 24.3 Å². The molecule has 2 aromatic rings. The fourth-order valence-corrected chi connectivity index (χ4v) is 3.38. The molecule has 0 saturated carbocycles. The SMILES string of the molecule is O=S(O)c1ccc(C2=C(c3ccc(C(F)(F)F)cc3)CCC2)cc1. The first-order valence-electron chi connectivity index (χ1n) is 7.47. The molecule has 1 atom stereocenters. The first-order valence-corrected chi connectivity index (χ1v) is 8.58. The van der Waals surface area contributed by atoms with E-state index in [9.17, 15) is 17.4 Å². The van der Waals surface area contributed by atoms with Crippen molar-refractivity contribution in [1.29, 1.82) is 0 Å². The first-order chi connectivity index (χ1) is 11.4. The Bertz CT molecular complexity index is 791. The lowest BCUT2D eigenvalue weighted by Gasteiger charge is -2.11. The summed E-state index contributed by atoms with van der Waals surface area (Å²) in [6, 6.07) is 12.0. The first kappa shape index (κ1) is 16.9. The van der Waals surface area contributed by atoms with Crippen LogP contribution in [0.1, 0.15) is 36.0 Å². The Morgan fingerprint density at radius 3 is 1.71 bits per heavy atom. The van der Waals surface area contributed by atoms with Crippen LogP contribution in [-0.2, 0) is 17.3 Å². The van der Waals surface area contributed by atoms with E-state index >= 15 is 0 Å². The highest BCUT2D eigenvalue weighted by Gasteiger charge is 2.30. The van der Waals surface area contributed by atoms with Crippen LogP contribution in [0.5, 0.6) is 0 Å². The molecule has 3 rings (SSSR count). The molecular formula is C18H15F3O2S. The van der Waals surface area contributed by atoms with Gasteiger partial charge in [0, 0.05) is 0 Å². The van der Waals surface area contributed by atoms with Crippen LogP contribution in [0.3, 0.4) is 0 Å². The molecule has 0 spiro atoms. The van der Waals surface area contributed by atoms with Crippen molar-refractivity contribution >= 4 is 22.2 Å². The van der Waals surface area contributed by atoms with Gasteiger partial charge in [-0.2, -0.15) is 13.2 Å². The zero-order valence-corrected chi connectivity index (χ0v) is 13.5. The minimum atomic E-state index is -4.33. The second-order valence-corrected chi connectivity index (χ2v) is 6.63. The van der Waals surface area contributed by atoms with Gasteiger partial charge in [-0.05, 0) is 65.8 Å². The normalized spacial score (nSPS) is 16.5. The van der Waals surface area contributed by atoms with Crippen molar-refractivity contribution in [2.75, 3.05) is 0 Å². The maximum Gasteiger partial charge on any atom is 0.416 e. The molecule has 0 radical (unpaired) electrons. The maximum atomic E-state index is 12.7. The summed E-state index contributed by atoms with van der Waals surface area (Å²) in [4.78, 5) is 0.327. The fraction of sp³-hybridized carbons (Fsp3) is 0.222. The molecule has 2 aromatic carbocycles. The molecule has 1 aliphatic carbocycles. The van der Waals surface area contributed by atoms with E-state index in [-0.39, 0.29) is 0 Å². The van der Waals surface area contributed by atoms with Gasteiger partial charge in [0.1, 0.15) is 0 Å². The summed E-state index contributed by atoms with van der Waals surface area (Å²) in [6.07, 6.45) is -1.73. The van der Waals surface area contributed by atoms with Gasteiger partial charge in [0.05, 0.1) is 10.5 Å². The lowest BCUT2D eigenvalue weighted by Crippen LogP contribution is -2.04. The van der Waals surface area contributed by atoms with E-state index in [0.717, 1.165) is 53.7 Å². The quantitative estimate of drug-likeness (QED) is 0.753. The number of halogens is 3. The molecular weight excluding hydrogens is 337 g/mol. The molecule has 6 heteroatoms. The van der Waals surface area contributed by atoms with E-state index in [4.69, 9.17) is 4.55 Å². The highest BCUT2D eigenvalue weighted by atomic mass is 32.2. The van der Waals surface area contributed by atoms with Gasteiger partial charge in [-0.3, -0.25) is 0 Å². The molecule has 0 aromatic heterocycles. The molecule has 0 saturated heterocycles. The summed E-state index contributed by atoms with van der Waals surface area (Å²) >= 11 is -2.02. The van der Waals surface area contributed by atoms with Crippen molar-refractivity contribution in [2.24, 2.45) is 0 Å². The minimum absolute atomic E-state index is 0.327. The Morgan fingerprint density at radius 1 is 0.833 bits per heavy atom. The molecule has 0 aliphatic heterocycles. The predicted molar refractivity (Wildman–Crippen MR) is 87.6 cm³/mol. The molecule has 24 heavy (non-hydrogen) atoms. The summed E-state index contributed by atoms with van der Waals surface area (Å²) in [7, 11) is 0. The summed E-state index contributed by atoms with van der Waals surface area (Å²) in [6.45, 7) is 0. The maximum absolute atomic E-state index is 12.7. The molecule has 0 fully saturated rings. The summed E-state index contributed by atoms with van der Waals surface area (Å²) in [5, 5.41) is 0.